The molecule has 0 saturated carbocycles. The number of nitrogens with zero attached hydrogens (tertiary/aromatic N) is 1. The maximum absolute atomic E-state index is 13.4. The molecule has 2 N–H and O–H groups in total. The van der Waals surface area contributed by atoms with Crippen LogP contribution in [0.2, 0.25) is 0 Å². The van der Waals surface area contributed by atoms with Gasteiger partial charge in [-0.25, -0.2) is 0 Å². The predicted molar refractivity (Wildman–Crippen MR) is 123 cm³/mol. The van der Waals surface area contributed by atoms with Crippen LogP contribution in [-0.4, -0.2) is 36.6 Å². The Labute approximate surface area is 189 Å². The summed E-state index contributed by atoms with van der Waals surface area (Å²) in [6.45, 7) is 2.51. The number of ketones is 1. The molecule has 0 amide bonds. The second-order valence-electron chi connectivity index (χ2n) is 8.56. The molecule has 0 bridgehead atoms. The summed E-state index contributed by atoms with van der Waals surface area (Å²) in [6.07, 6.45) is -2.03. The molecule has 1 aliphatic heterocycles. The van der Waals surface area contributed by atoms with E-state index in [2.05, 4.69) is 15.2 Å². The van der Waals surface area contributed by atoms with Gasteiger partial charge in [0.1, 0.15) is 0 Å². The largest absolute Gasteiger partial charge is 0.401 e. The minimum atomic E-state index is -4.29. The number of anilines is 1. The number of halogens is 3. The van der Waals surface area contributed by atoms with Crippen molar-refractivity contribution in [3.63, 3.8) is 0 Å². The maximum atomic E-state index is 13.4. The second kappa shape index (κ2) is 9.39. The van der Waals surface area contributed by atoms with Crippen LogP contribution in [0.3, 0.4) is 0 Å². The van der Waals surface area contributed by atoms with E-state index in [1.807, 2.05) is 25.1 Å². The number of hydrogen-bond acceptors (Lipinski definition) is 4. The lowest BCUT2D eigenvalue weighted by Gasteiger charge is -2.22. The molecule has 0 unspecified atom stereocenters. The molecular formula is C25H26F3N3O2. The van der Waals surface area contributed by atoms with E-state index in [4.69, 9.17) is 0 Å². The third-order valence-electron chi connectivity index (χ3n) is 5.94. The van der Waals surface area contributed by atoms with E-state index in [0.717, 1.165) is 48.1 Å². The van der Waals surface area contributed by atoms with Gasteiger partial charge < -0.3 is 15.2 Å². The number of alkyl halides is 3. The average molecular weight is 457 g/mol. The highest BCUT2D eigenvalue weighted by atomic mass is 19.4. The fraction of sp³-hybridized carbons (Fsp3) is 0.360. The summed E-state index contributed by atoms with van der Waals surface area (Å²) in [4.78, 5) is 30.0. The zero-order valence-corrected chi connectivity index (χ0v) is 18.4. The number of rotatable bonds is 7. The molecular weight excluding hydrogens is 431 g/mol. The zero-order valence-electron chi connectivity index (χ0n) is 18.4. The molecule has 0 atom stereocenters. The number of aromatic amines is 1. The van der Waals surface area contributed by atoms with Crippen molar-refractivity contribution in [2.24, 2.45) is 0 Å². The van der Waals surface area contributed by atoms with Gasteiger partial charge in [-0.3, -0.25) is 9.59 Å². The summed E-state index contributed by atoms with van der Waals surface area (Å²) < 4.78 is 37.5. The Hall–Kier alpha value is -3.13. The molecule has 5 nitrogen and oxygen atoms in total. The number of aryl methyl sites for hydroxylation is 1. The minimum Gasteiger partial charge on any atom is -0.371 e. The summed E-state index contributed by atoms with van der Waals surface area (Å²) >= 11 is 0. The Bertz CT molecular complexity index is 1230. The maximum Gasteiger partial charge on any atom is 0.401 e. The summed E-state index contributed by atoms with van der Waals surface area (Å²) in [5, 5.41) is 3.28. The number of pyridine rings is 1. The minimum absolute atomic E-state index is 0.0304. The van der Waals surface area contributed by atoms with Crippen molar-refractivity contribution in [2.45, 2.75) is 38.9 Å². The highest BCUT2D eigenvalue weighted by Gasteiger charge is 2.26. The van der Waals surface area contributed by atoms with Gasteiger partial charge >= 0.3 is 6.18 Å². The summed E-state index contributed by atoms with van der Waals surface area (Å²) in [5.41, 5.74) is 4.19. The molecule has 1 fully saturated rings. The number of carbonyl (C=O) groups is 1. The SMILES string of the molecule is Cc1cc(=O)[nH]c2ccc(CC(=O)c3cc(CNCC(F)(F)F)ccc3N3CCCC3)cc12. The van der Waals surface area contributed by atoms with E-state index in [9.17, 15) is 22.8 Å². The molecule has 1 saturated heterocycles. The van der Waals surface area contributed by atoms with E-state index in [-0.39, 0.29) is 24.3 Å². The van der Waals surface area contributed by atoms with E-state index < -0.39 is 12.7 Å². The quantitative estimate of drug-likeness (QED) is 0.513. The van der Waals surface area contributed by atoms with Gasteiger partial charge in [-0.15, -0.1) is 0 Å². The number of H-pyrrole nitrogens is 1. The van der Waals surface area contributed by atoms with Crippen molar-refractivity contribution in [3.05, 3.63) is 75.1 Å². The molecule has 2 heterocycles. The second-order valence-corrected chi connectivity index (χ2v) is 8.56. The highest BCUT2D eigenvalue weighted by Crippen LogP contribution is 2.28. The number of aromatic nitrogens is 1. The monoisotopic (exact) mass is 457 g/mol. The molecule has 1 aromatic heterocycles. The molecule has 8 heteroatoms. The topological polar surface area (TPSA) is 65.2 Å². The van der Waals surface area contributed by atoms with Gasteiger partial charge in [0.15, 0.2) is 5.78 Å². The first-order valence-corrected chi connectivity index (χ1v) is 11.0. The van der Waals surface area contributed by atoms with Gasteiger partial charge in [0, 0.05) is 54.3 Å². The summed E-state index contributed by atoms with van der Waals surface area (Å²) in [6, 6.07) is 12.4. The van der Waals surface area contributed by atoms with Gasteiger partial charge in [0.05, 0.1) is 6.54 Å². The predicted octanol–water partition coefficient (Wildman–Crippen LogP) is 4.51. The average Bonchev–Trinajstić information content (AvgIpc) is 3.28. The van der Waals surface area contributed by atoms with Crippen molar-refractivity contribution >= 4 is 22.4 Å². The lowest BCUT2D eigenvalue weighted by molar-refractivity contribution is -0.125. The van der Waals surface area contributed by atoms with Gasteiger partial charge in [-0.1, -0.05) is 12.1 Å². The first kappa shape index (κ1) is 23.0. The van der Waals surface area contributed by atoms with Crippen molar-refractivity contribution in [1.29, 1.82) is 0 Å². The van der Waals surface area contributed by atoms with Crippen LogP contribution in [-0.2, 0) is 13.0 Å². The van der Waals surface area contributed by atoms with Crippen LogP contribution in [0.5, 0.6) is 0 Å². The van der Waals surface area contributed by atoms with Crippen molar-refractivity contribution in [2.75, 3.05) is 24.5 Å². The van der Waals surface area contributed by atoms with Crippen molar-refractivity contribution < 1.29 is 18.0 Å². The number of benzene rings is 2. The Morgan fingerprint density at radius 3 is 2.52 bits per heavy atom. The number of Topliss-reactive ketones (excluding diaryl/α,β-unsaturated/α-hetero) is 1. The van der Waals surface area contributed by atoms with E-state index in [0.29, 0.717) is 16.6 Å². The number of carbonyl (C=O) groups excluding carboxylic acids is 1. The van der Waals surface area contributed by atoms with Gasteiger partial charge in [0.25, 0.3) is 0 Å². The van der Waals surface area contributed by atoms with E-state index in [1.54, 1.807) is 18.2 Å². The lowest BCUT2D eigenvalue weighted by Crippen LogP contribution is -2.28. The first-order valence-electron chi connectivity index (χ1n) is 11.0. The van der Waals surface area contributed by atoms with Crippen molar-refractivity contribution in [3.8, 4) is 0 Å². The van der Waals surface area contributed by atoms with Crippen LogP contribution >= 0.6 is 0 Å². The standard InChI is InChI=1S/C25H26F3N3O2/c1-16-10-24(33)30-21-6-4-17(11-19(16)21)13-23(32)20-12-18(14-29-15-25(26,27)28)5-7-22(20)31-8-2-3-9-31/h4-7,10-12,29H,2-3,8-9,13-15H2,1H3,(H,30,33). The molecule has 0 aliphatic carbocycles. The Morgan fingerprint density at radius 1 is 1.06 bits per heavy atom. The lowest BCUT2D eigenvalue weighted by atomic mass is 9.97. The van der Waals surface area contributed by atoms with Crippen LogP contribution in [0.1, 0.15) is 39.9 Å². The third-order valence-corrected chi connectivity index (χ3v) is 5.94. The molecule has 3 aromatic rings. The van der Waals surface area contributed by atoms with Crippen LogP contribution in [0, 0.1) is 6.92 Å². The molecule has 4 rings (SSSR count). The zero-order chi connectivity index (χ0) is 23.6. The molecule has 2 aromatic carbocycles. The fourth-order valence-electron chi connectivity index (χ4n) is 4.36. The van der Waals surface area contributed by atoms with Crippen LogP contribution in [0.4, 0.5) is 18.9 Å². The highest BCUT2D eigenvalue weighted by molar-refractivity contribution is 6.03. The smallest absolute Gasteiger partial charge is 0.371 e. The molecule has 174 valence electrons. The fourth-order valence-corrected chi connectivity index (χ4v) is 4.36. The van der Waals surface area contributed by atoms with E-state index >= 15 is 0 Å². The molecule has 1 aliphatic rings. The molecule has 33 heavy (non-hydrogen) atoms. The van der Waals surface area contributed by atoms with Gasteiger partial charge in [-0.2, -0.15) is 13.2 Å². The molecule has 0 spiro atoms. The third kappa shape index (κ3) is 5.63. The number of fused-ring (bicyclic) bond motifs is 1. The Kier molecular flexibility index (Phi) is 6.56. The normalized spacial score (nSPS) is 14.2. The summed E-state index contributed by atoms with van der Waals surface area (Å²) in [5.74, 6) is -0.0870. The Morgan fingerprint density at radius 2 is 1.79 bits per heavy atom. The summed E-state index contributed by atoms with van der Waals surface area (Å²) in [7, 11) is 0. The number of hydrogen-bond donors (Lipinski definition) is 2. The number of nitrogens with one attached hydrogen (secondary N) is 2. The van der Waals surface area contributed by atoms with Gasteiger partial charge in [-0.05, 0) is 60.7 Å². The van der Waals surface area contributed by atoms with Crippen LogP contribution < -0.4 is 15.8 Å². The van der Waals surface area contributed by atoms with E-state index in [1.165, 1.54) is 6.07 Å². The van der Waals surface area contributed by atoms with Crippen molar-refractivity contribution in [1.82, 2.24) is 10.3 Å². The van der Waals surface area contributed by atoms with Crippen LogP contribution in [0.15, 0.2) is 47.3 Å². The van der Waals surface area contributed by atoms with Gasteiger partial charge in [0.2, 0.25) is 5.56 Å². The molecule has 0 radical (unpaired) electrons. The van der Waals surface area contributed by atoms with Crippen LogP contribution in [0.25, 0.3) is 10.9 Å². The first-order chi connectivity index (χ1) is 15.7. The Balaban J connectivity index is 1.61.